The molecule has 1 aromatic carbocycles. The maximum absolute atomic E-state index is 12.9. The summed E-state index contributed by atoms with van der Waals surface area (Å²) in [7, 11) is 0. The van der Waals surface area contributed by atoms with E-state index in [2.05, 4.69) is 10.6 Å². The second-order valence-corrected chi connectivity index (χ2v) is 7.00. The Labute approximate surface area is 148 Å². The molecule has 134 valence electrons. The SMILES string of the molecule is CCc1ccccc1NC(=O)CN1C(=O)NC2(CCCCC2C)C1=O. The maximum Gasteiger partial charge on any atom is 0.325 e. The second kappa shape index (κ2) is 6.86. The van der Waals surface area contributed by atoms with Crippen LogP contribution < -0.4 is 10.6 Å². The number of benzene rings is 1. The predicted octanol–water partition coefficient (Wildman–Crippen LogP) is 2.69. The van der Waals surface area contributed by atoms with Crippen LogP contribution in [0.1, 0.15) is 45.1 Å². The molecule has 1 spiro atoms. The van der Waals surface area contributed by atoms with Crippen molar-refractivity contribution in [2.24, 2.45) is 5.92 Å². The number of nitrogens with one attached hydrogen (secondary N) is 2. The van der Waals surface area contributed by atoms with Crippen molar-refractivity contribution in [3.8, 4) is 0 Å². The third kappa shape index (κ3) is 3.13. The first-order valence-electron chi connectivity index (χ1n) is 9.00. The summed E-state index contributed by atoms with van der Waals surface area (Å²) in [6.45, 7) is 3.76. The van der Waals surface area contributed by atoms with E-state index in [4.69, 9.17) is 0 Å². The van der Waals surface area contributed by atoms with Crippen molar-refractivity contribution in [3.05, 3.63) is 29.8 Å². The lowest BCUT2D eigenvalue weighted by molar-refractivity contribution is -0.136. The van der Waals surface area contributed by atoms with Crippen molar-refractivity contribution in [1.82, 2.24) is 10.2 Å². The first kappa shape index (κ1) is 17.5. The lowest BCUT2D eigenvalue weighted by Gasteiger charge is -2.36. The van der Waals surface area contributed by atoms with Gasteiger partial charge in [-0.25, -0.2) is 4.79 Å². The Hall–Kier alpha value is -2.37. The summed E-state index contributed by atoms with van der Waals surface area (Å²) in [4.78, 5) is 38.7. The van der Waals surface area contributed by atoms with Crippen LogP contribution in [0, 0.1) is 5.92 Å². The predicted molar refractivity (Wildman–Crippen MR) is 95.1 cm³/mol. The molecule has 6 nitrogen and oxygen atoms in total. The number of hydrogen-bond donors (Lipinski definition) is 2. The van der Waals surface area contributed by atoms with Gasteiger partial charge in [-0.2, -0.15) is 0 Å². The van der Waals surface area contributed by atoms with Gasteiger partial charge in [0.1, 0.15) is 12.1 Å². The Morgan fingerprint density at radius 2 is 2.08 bits per heavy atom. The van der Waals surface area contributed by atoms with Gasteiger partial charge < -0.3 is 10.6 Å². The lowest BCUT2D eigenvalue weighted by atomic mass is 9.73. The molecule has 2 unspecified atom stereocenters. The minimum absolute atomic E-state index is 0.0894. The summed E-state index contributed by atoms with van der Waals surface area (Å²) in [5, 5.41) is 5.69. The van der Waals surface area contributed by atoms with Gasteiger partial charge in [0.15, 0.2) is 0 Å². The number of imide groups is 1. The molecule has 6 heteroatoms. The molecule has 1 heterocycles. The highest BCUT2D eigenvalue weighted by atomic mass is 16.2. The number of carbonyl (C=O) groups excluding carboxylic acids is 3. The molecule has 2 N–H and O–H groups in total. The number of hydrogen-bond acceptors (Lipinski definition) is 3. The van der Waals surface area contributed by atoms with E-state index in [1.165, 1.54) is 0 Å². The van der Waals surface area contributed by atoms with Crippen LogP contribution in [0.4, 0.5) is 10.5 Å². The van der Waals surface area contributed by atoms with E-state index >= 15 is 0 Å². The van der Waals surface area contributed by atoms with Crippen LogP contribution in [0.3, 0.4) is 0 Å². The fourth-order valence-corrected chi connectivity index (χ4v) is 3.92. The van der Waals surface area contributed by atoms with E-state index in [9.17, 15) is 14.4 Å². The minimum Gasteiger partial charge on any atom is -0.324 e. The standard InChI is InChI=1S/C19H25N3O3/c1-3-14-9-4-5-10-15(14)20-16(23)12-22-17(24)19(21-18(22)25)11-7-6-8-13(19)2/h4-5,9-10,13H,3,6-8,11-12H2,1-2H3,(H,20,23)(H,21,25). The van der Waals surface area contributed by atoms with Gasteiger partial charge in [0.2, 0.25) is 5.91 Å². The van der Waals surface area contributed by atoms with Crippen LogP contribution >= 0.6 is 0 Å². The molecule has 2 aliphatic rings. The molecule has 1 saturated heterocycles. The number of amides is 4. The highest BCUT2D eigenvalue weighted by Crippen LogP contribution is 2.38. The molecule has 1 aliphatic heterocycles. The molecule has 0 aromatic heterocycles. The topological polar surface area (TPSA) is 78.5 Å². The largest absolute Gasteiger partial charge is 0.325 e. The van der Waals surface area contributed by atoms with Crippen molar-refractivity contribution >= 4 is 23.5 Å². The number of rotatable bonds is 4. The van der Waals surface area contributed by atoms with Gasteiger partial charge in [0.05, 0.1) is 0 Å². The second-order valence-electron chi connectivity index (χ2n) is 7.00. The van der Waals surface area contributed by atoms with Gasteiger partial charge >= 0.3 is 6.03 Å². The maximum atomic E-state index is 12.9. The number of aryl methyl sites for hydroxylation is 1. The van der Waals surface area contributed by atoms with Crippen molar-refractivity contribution in [1.29, 1.82) is 0 Å². The van der Waals surface area contributed by atoms with E-state index < -0.39 is 11.6 Å². The van der Waals surface area contributed by atoms with Gasteiger partial charge in [-0.05, 0) is 36.8 Å². The first-order chi connectivity index (χ1) is 12.0. The van der Waals surface area contributed by atoms with Crippen molar-refractivity contribution < 1.29 is 14.4 Å². The summed E-state index contributed by atoms with van der Waals surface area (Å²) < 4.78 is 0. The molecule has 25 heavy (non-hydrogen) atoms. The Balaban J connectivity index is 1.71. The Morgan fingerprint density at radius 1 is 1.32 bits per heavy atom. The summed E-state index contributed by atoms with van der Waals surface area (Å²) in [5.41, 5.74) is 0.921. The average molecular weight is 343 g/mol. The van der Waals surface area contributed by atoms with Crippen LogP contribution in [0.25, 0.3) is 0 Å². The van der Waals surface area contributed by atoms with Gasteiger partial charge in [-0.3, -0.25) is 14.5 Å². The molecule has 4 amide bonds. The van der Waals surface area contributed by atoms with Crippen molar-refractivity contribution in [2.45, 2.75) is 51.5 Å². The van der Waals surface area contributed by atoms with E-state index in [1.807, 2.05) is 38.1 Å². The number of para-hydroxylation sites is 1. The zero-order valence-corrected chi connectivity index (χ0v) is 14.8. The van der Waals surface area contributed by atoms with Crippen LogP contribution in [-0.4, -0.2) is 34.8 Å². The quantitative estimate of drug-likeness (QED) is 0.825. The molecule has 2 fully saturated rings. The zero-order chi connectivity index (χ0) is 18.0. The molecule has 1 aliphatic carbocycles. The monoisotopic (exact) mass is 343 g/mol. The highest BCUT2D eigenvalue weighted by molar-refractivity contribution is 6.10. The first-order valence-corrected chi connectivity index (χ1v) is 9.00. The number of urea groups is 1. The van der Waals surface area contributed by atoms with E-state index in [-0.39, 0.29) is 24.3 Å². The van der Waals surface area contributed by atoms with E-state index in [0.29, 0.717) is 6.42 Å². The third-order valence-electron chi connectivity index (χ3n) is 5.48. The van der Waals surface area contributed by atoms with Crippen LogP contribution in [0.15, 0.2) is 24.3 Å². The molecule has 1 aromatic rings. The third-order valence-corrected chi connectivity index (χ3v) is 5.48. The molecular weight excluding hydrogens is 318 g/mol. The van der Waals surface area contributed by atoms with Crippen molar-refractivity contribution in [2.75, 3.05) is 11.9 Å². The summed E-state index contributed by atoms with van der Waals surface area (Å²) in [6, 6.07) is 7.08. The van der Waals surface area contributed by atoms with Crippen LogP contribution in [-0.2, 0) is 16.0 Å². The molecule has 0 radical (unpaired) electrons. The normalized spacial score (nSPS) is 26.0. The highest BCUT2D eigenvalue weighted by Gasteiger charge is 2.55. The Kier molecular flexibility index (Phi) is 4.79. The molecular formula is C19H25N3O3. The molecule has 3 rings (SSSR count). The number of nitrogens with zero attached hydrogens (tertiary/aromatic N) is 1. The molecule has 0 bridgehead atoms. The summed E-state index contributed by atoms with van der Waals surface area (Å²) in [5.74, 6) is -0.528. The fourth-order valence-electron chi connectivity index (χ4n) is 3.92. The Bertz CT molecular complexity index is 703. The summed E-state index contributed by atoms with van der Waals surface area (Å²) in [6.07, 6.45) is 4.34. The van der Waals surface area contributed by atoms with Gasteiger partial charge in [-0.1, -0.05) is 44.9 Å². The van der Waals surface area contributed by atoms with Gasteiger partial charge in [0.25, 0.3) is 5.91 Å². The van der Waals surface area contributed by atoms with Gasteiger partial charge in [-0.15, -0.1) is 0 Å². The number of anilines is 1. The number of carbonyl (C=O) groups is 3. The van der Waals surface area contributed by atoms with Crippen molar-refractivity contribution in [3.63, 3.8) is 0 Å². The van der Waals surface area contributed by atoms with Gasteiger partial charge in [0, 0.05) is 5.69 Å². The van der Waals surface area contributed by atoms with Crippen LogP contribution in [0.5, 0.6) is 0 Å². The minimum atomic E-state index is -0.822. The molecule has 1 saturated carbocycles. The van der Waals surface area contributed by atoms with E-state index in [1.54, 1.807) is 0 Å². The summed E-state index contributed by atoms with van der Waals surface area (Å²) >= 11 is 0. The lowest BCUT2D eigenvalue weighted by Crippen LogP contribution is -2.54. The smallest absolute Gasteiger partial charge is 0.324 e. The Morgan fingerprint density at radius 3 is 2.80 bits per heavy atom. The van der Waals surface area contributed by atoms with E-state index in [0.717, 1.165) is 41.8 Å². The fraction of sp³-hybridized carbons (Fsp3) is 0.526. The van der Waals surface area contributed by atoms with Crippen LogP contribution in [0.2, 0.25) is 0 Å². The molecule has 2 atom stereocenters. The average Bonchev–Trinajstić information content (AvgIpc) is 2.83. The zero-order valence-electron chi connectivity index (χ0n) is 14.8.